The SMILES string of the molecule is COc1ccccc1C(=O)OCC(C)(C)C(=O)O. The lowest BCUT2D eigenvalue weighted by Crippen LogP contribution is -2.30. The number of carbonyl (C=O) groups is 2. The molecule has 0 atom stereocenters. The Labute approximate surface area is 105 Å². The van der Waals surface area contributed by atoms with E-state index in [1.165, 1.54) is 21.0 Å². The van der Waals surface area contributed by atoms with Gasteiger partial charge >= 0.3 is 11.9 Å². The number of carboxylic acid groups (broad SMARTS) is 1. The summed E-state index contributed by atoms with van der Waals surface area (Å²) in [4.78, 5) is 22.7. The molecule has 0 aliphatic heterocycles. The molecule has 0 aromatic heterocycles. The molecule has 0 saturated carbocycles. The van der Waals surface area contributed by atoms with Gasteiger partial charge in [-0.15, -0.1) is 0 Å². The number of para-hydroxylation sites is 1. The van der Waals surface area contributed by atoms with Crippen LogP contribution in [0.15, 0.2) is 24.3 Å². The number of methoxy groups -OCH3 is 1. The zero-order valence-electron chi connectivity index (χ0n) is 10.6. The predicted molar refractivity (Wildman–Crippen MR) is 64.7 cm³/mol. The van der Waals surface area contributed by atoms with E-state index in [-0.39, 0.29) is 12.2 Å². The van der Waals surface area contributed by atoms with E-state index in [1.54, 1.807) is 24.3 Å². The van der Waals surface area contributed by atoms with Gasteiger partial charge in [0.05, 0.1) is 12.5 Å². The highest BCUT2D eigenvalue weighted by Gasteiger charge is 2.29. The Bertz CT molecular complexity index is 450. The van der Waals surface area contributed by atoms with Crippen molar-refractivity contribution in [3.05, 3.63) is 29.8 Å². The Balaban J connectivity index is 2.75. The fourth-order valence-corrected chi connectivity index (χ4v) is 1.20. The number of hydrogen-bond acceptors (Lipinski definition) is 4. The van der Waals surface area contributed by atoms with Crippen LogP contribution in [-0.4, -0.2) is 30.8 Å². The van der Waals surface area contributed by atoms with Gasteiger partial charge in [0, 0.05) is 0 Å². The van der Waals surface area contributed by atoms with Gasteiger partial charge in [-0.25, -0.2) is 4.79 Å². The molecule has 0 bridgehead atoms. The van der Waals surface area contributed by atoms with E-state index >= 15 is 0 Å². The van der Waals surface area contributed by atoms with Gasteiger partial charge in [0.2, 0.25) is 0 Å². The fraction of sp³-hybridized carbons (Fsp3) is 0.385. The maximum absolute atomic E-state index is 11.8. The standard InChI is InChI=1S/C13H16O5/c1-13(2,12(15)16)8-18-11(14)9-6-4-5-7-10(9)17-3/h4-7H,8H2,1-3H3,(H,15,16). The number of carboxylic acids is 1. The highest BCUT2D eigenvalue weighted by Crippen LogP contribution is 2.21. The number of ether oxygens (including phenoxy) is 2. The molecular formula is C13H16O5. The molecule has 98 valence electrons. The largest absolute Gasteiger partial charge is 0.496 e. The minimum absolute atomic E-state index is 0.195. The Morgan fingerprint density at radius 1 is 1.28 bits per heavy atom. The van der Waals surface area contributed by atoms with Crippen molar-refractivity contribution in [2.75, 3.05) is 13.7 Å². The van der Waals surface area contributed by atoms with Crippen LogP contribution >= 0.6 is 0 Å². The first-order valence-corrected chi connectivity index (χ1v) is 5.42. The third-order valence-electron chi connectivity index (χ3n) is 2.47. The summed E-state index contributed by atoms with van der Waals surface area (Å²) in [7, 11) is 1.45. The van der Waals surface area contributed by atoms with Gasteiger partial charge in [-0.05, 0) is 26.0 Å². The molecule has 0 radical (unpaired) electrons. The zero-order valence-corrected chi connectivity index (χ0v) is 10.6. The van der Waals surface area contributed by atoms with Crippen molar-refractivity contribution < 1.29 is 24.2 Å². The molecule has 1 rings (SSSR count). The van der Waals surface area contributed by atoms with Crippen LogP contribution in [0.2, 0.25) is 0 Å². The van der Waals surface area contributed by atoms with Crippen LogP contribution in [0.25, 0.3) is 0 Å². The molecule has 1 aromatic carbocycles. The molecule has 18 heavy (non-hydrogen) atoms. The van der Waals surface area contributed by atoms with Gasteiger partial charge in [0.1, 0.15) is 17.9 Å². The molecule has 0 saturated heterocycles. The van der Waals surface area contributed by atoms with Gasteiger partial charge in [-0.3, -0.25) is 4.79 Å². The van der Waals surface area contributed by atoms with Gasteiger partial charge in [-0.2, -0.15) is 0 Å². The van der Waals surface area contributed by atoms with E-state index in [9.17, 15) is 9.59 Å². The normalized spacial score (nSPS) is 10.8. The van der Waals surface area contributed by atoms with Crippen LogP contribution in [0, 0.1) is 5.41 Å². The Kier molecular flexibility index (Phi) is 4.31. The summed E-state index contributed by atoms with van der Waals surface area (Å²) in [5, 5.41) is 8.91. The lowest BCUT2D eigenvalue weighted by atomic mass is 9.95. The Morgan fingerprint density at radius 2 is 1.89 bits per heavy atom. The third-order valence-corrected chi connectivity index (χ3v) is 2.47. The molecular weight excluding hydrogens is 236 g/mol. The van der Waals surface area contributed by atoms with Crippen LogP contribution < -0.4 is 4.74 Å². The molecule has 5 heteroatoms. The summed E-state index contributed by atoms with van der Waals surface area (Å²) in [5.74, 6) is -1.22. The quantitative estimate of drug-likeness (QED) is 0.811. The Hall–Kier alpha value is -2.04. The number of esters is 1. The zero-order chi connectivity index (χ0) is 13.8. The first-order chi connectivity index (χ1) is 8.38. The van der Waals surface area contributed by atoms with E-state index in [4.69, 9.17) is 14.6 Å². The monoisotopic (exact) mass is 252 g/mol. The lowest BCUT2D eigenvalue weighted by molar-refractivity contribution is -0.149. The number of benzene rings is 1. The highest BCUT2D eigenvalue weighted by atomic mass is 16.5. The predicted octanol–water partition coefficient (Wildman–Crippen LogP) is 1.96. The molecule has 1 N–H and O–H groups in total. The first kappa shape index (κ1) is 14.0. The molecule has 0 heterocycles. The van der Waals surface area contributed by atoms with Crippen LogP contribution in [0.5, 0.6) is 5.75 Å². The Morgan fingerprint density at radius 3 is 2.44 bits per heavy atom. The van der Waals surface area contributed by atoms with Crippen molar-refractivity contribution in [2.45, 2.75) is 13.8 Å². The van der Waals surface area contributed by atoms with Gasteiger partial charge in [-0.1, -0.05) is 12.1 Å². The highest BCUT2D eigenvalue weighted by molar-refractivity contribution is 5.92. The van der Waals surface area contributed by atoms with Crippen molar-refractivity contribution in [3.8, 4) is 5.75 Å². The molecule has 0 amide bonds. The van der Waals surface area contributed by atoms with Crippen LogP contribution in [0.4, 0.5) is 0 Å². The summed E-state index contributed by atoms with van der Waals surface area (Å²) in [5.41, 5.74) is -0.835. The molecule has 0 spiro atoms. The second-order valence-corrected chi connectivity index (χ2v) is 4.47. The molecule has 0 fully saturated rings. The molecule has 0 unspecified atom stereocenters. The summed E-state index contributed by atoms with van der Waals surface area (Å²) in [6.45, 7) is 2.79. The van der Waals surface area contributed by atoms with Crippen molar-refractivity contribution in [1.29, 1.82) is 0 Å². The summed E-state index contributed by atoms with van der Waals surface area (Å²) >= 11 is 0. The van der Waals surface area contributed by atoms with Gasteiger partial charge in [0.15, 0.2) is 0 Å². The lowest BCUT2D eigenvalue weighted by Gasteiger charge is -2.18. The number of hydrogen-bond donors (Lipinski definition) is 1. The number of carbonyl (C=O) groups excluding carboxylic acids is 1. The number of aliphatic carboxylic acids is 1. The molecule has 1 aromatic rings. The topological polar surface area (TPSA) is 72.8 Å². The van der Waals surface area contributed by atoms with E-state index in [0.717, 1.165) is 0 Å². The van der Waals surface area contributed by atoms with E-state index in [2.05, 4.69) is 0 Å². The maximum Gasteiger partial charge on any atom is 0.341 e. The smallest absolute Gasteiger partial charge is 0.341 e. The first-order valence-electron chi connectivity index (χ1n) is 5.42. The van der Waals surface area contributed by atoms with Crippen LogP contribution in [-0.2, 0) is 9.53 Å². The van der Waals surface area contributed by atoms with Crippen molar-refractivity contribution in [3.63, 3.8) is 0 Å². The molecule has 0 aliphatic rings. The maximum atomic E-state index is 11.8. The minimum atomic E-state index is -1.11. The summed E-state index contributed by atoms with van der Waals surface area (Å²) in [6, 6.07) is 6.62. The van der Waals surface area contributed by atoms with E-state index in [1.807, 2.05) is 0 Å². The van der Waals surface area contributed by atoms with Crippen molar-refractivity contribution in [2.24, 2.45) is 5.41 Å². The van der Waals surface area contributed by atoms with Gasteiger partial charge < -0.3 is 14.6 Å². The minimum Gasteiger partial charge on any atom is -0.496 e. The van der Waals surface area contributed by atoms with Crippen LogP contribution in [0.1, 0.15) is 24.2 Å². The van der Waals surface area contributed by atoms with Gasteiger partial charge in [0.25, 0.3) is 0 Å². The van der Waals surface area contributed by atoms with Crippen LogP contribution in [0.3, 0.4) is 0 Å². The number of rotatable bonds is 5. The molecule has 5 nitrogen and oxygen atoms in total. The second kappa shape index (κ2) is 5.53. The van der Waals surface area contributed by atoms with E-state index in [0.29, 0.717) is 5.75 Å². The summed E-state index contributed by atoms with van der Waals surface area (Å²) in [6.07, 6.45) is 0. The average Bonchev–Trinajstić information content (AvgIpc) is 2.35. The van der Waals surface area contributed by atoms with E-state index < -0.39 is 17.4 Å². The molecule has 0 aliphatic carbocycles. The average molecular weight is 252 g/mol. The van der Waals surface area contributed by atoms with Crippen molar-refractivity contribution in [1.82, 2.24) is 0 Å². The van der Waals surface area contributed by atoms with Crippen molar-refractivity contribution >= 4 is 11.9 Å². The second-order valence-electron chi connectivity index (χ2n) is 4.47. The summed E-state index contributed by atoms with van der Waals surface area (Å²) < 4.78 is 10.0. The fourth-order valence-electron chi connectivity index (χ4n) is 1.20. The third kappa shape index (κ3) is 3.23.